The van der Waals surface area contributed by atoms with Crippen molar-refractivity contribution in [2.24, 2.45) is 5.92 Å². The van der Waals surface area contributed by atoms with Gasteiger partial charge in [0.1, 0.15) is 5.82 Å². The van der Waals surface area contributed by atoms with Gasteiger partial charge in [0.2, 0.25) is 0 Å². The molecule has 3 saturated heterocycles. The normalized spacial score (nSPS) is 31.5. The highest BCUT2D eigenvalue weighted by Gasteiger charge is 2.34. The minimum atomic E-state index is 0.558. The summed E-state index contributed by atoms with van der Waals surface area (Å²) in [6, 6.07) is 2.60. The van der Waals surface area contributed by atoms with Crippen LogP contribution >= 0.6 is 31.9 Å². The van der Waals surface area contributed by atoms with Gasteiger partial charge in [-0.15, -0.1) is 0 Å². The van der Waals surface area contributed by atoms with E-state index in [2.05, 4.69) is 47.1 Å². The van der Waals surface area contributed by atoms with E-state index < -0.39 is 0 Å². The Morgan fingerprint density at radius 2 is 2.06 bits per heavy atom. The Labute approximate surface area is 118 Å². The van der Waals surface area contributed by atoms with Gasteiger partial charge in [-0.05, 0) is 69.8 Å². The van der Waals surface area contributed by atoms with Crippen molar-refractivity contribution in [2.75, 3.05) is 25.0 Å². The van der Waals surface area contributed by atoms with Gasteiger partial charge in [-0.3, -0.25) is 0 Å². The molecule has 3 fully saturated rings. The van der Waals surface area contributed by atoms with Crippen LogP contribution in [-0.2, 0) is 0 Å². The van der Waals surface area contributed by atoms with Gasteiger partial charge in [-0.25, -0.2) is 4.98 Å². The Kier molecular flexibility index (Phi) is 3.41. The fraction of sp³-hybridized carbons (Fsp3) is 0.583. The molecular formula is C12H15Br2N3. The topological polar surface area (TPSA) is 28.2 Å². The second-order valence-corrected chi connectivity index (χ2v) is 6.64. The van der Waals surface area contributed by atoms with Crippen molar-refractivity contribution in [1.82, 2.24) is 9.88 Å². The van der Waals surface area contributed by atoms with Gasteiger partial charge >= 0.3 is 0 Å². The first kappa shape index (κ1) is 11.9. The van der Waals surface area contributed by atoms with E-state index in [1.807, 2.05) is 12.3 Å². The van der Waals surface area contributed by atoms with Gasteiger partial charge < -0.3 is 10.2 Å². The van der Waals surface area contributed by atoms with Crippen LogP contribution in [0.3, 0.4) is 0 Å². The molecule has 5 heteroatoms. The second-order valence-electron chi connectivity index (χ2n) is 4.87. The SMILES string of the molecule is Brc1cnc(NC2CN3CCC2CC3)c(Br)c1. The molecular weight excluding hydrogens is 346 g/mol. The highest BCUT2D eigenvalue weighted by Crippen LogP contribution is 2.31. The zero-order chi connectivity index (χ0) is 11.8. The van der Waals surface area contributed by atoms with E-state index in [0.717, 1.165) is 27.2 Å². The third kappa shape index (κ3) is 2.51. The lowest BCUT2D eigenvalue weighted by molar-refractivity contribution is 0.0973. The van der Waals surface area contributed by atoms with E-state index in [1.54, 1.807) is 0 Å². The summed E-state index contributed by atoms with van der Waals surface area (Å²) in [5, 5.41) is 3.59. The van der Waals surface area contributed by atoms with Crippen molar-refractivity contribution in [3.05, 3.63) is 21.2 Å². The van der Waals surface area contributed by atoms with Crippen LogP contribution < -0.4 is 5.32 Å². The Balaban J connectivity index is 1.74. The molecule has 3 aliphatic heterocycles. The maximum absolute atomic E-state index is 4.43. The Hall–Kier alpha value is -0.130. The van der Waals surface area contributed by atoms with Crippen LogP contribution in [0.5, 0.6) is 0 Å². The van der Waals surface area contributed by atoms with Crippen LogP contribution in [0.2, 0.25) is 0 Å². The van der Waals surface area contributed by atoms with Crippen molar-refractivity contribution in [2.45, 2.75) is 18.9 Å². The van der Waals surface area contributed by atoms with Crippen molar-refractivity contribution in [1.29, 1.82) is 0 Å². The van der Waals surface area contributed by atoms with E-state index >= 15 is 0 Å². The molecule has 0 radical (unpaired) electrons. The Bertz CT molecular complexity index is 416. The quantitative estimate of drug-likeness (QED) is 0.878. The van der Waals surface area contributed by atoms with E-state index in [9.17, 15) is 0 Å². The minimum Gasteiger partial charge on any atom is -0.365 e. The molecule has 1 aromatic rings. The van der Waals surface area contributed by atoms with Crippen LogP contribution in [0.1, 0.15) is 12.8 Å². The molecule has 3 nitrogen and oxygen atoms in total. The van der Waals surface area contributed by atoms with Gasteiger partial charge in [-0.1, -0.05) is 0 Å². The summed E-state index contributed by atoms with van der Waals surface area (Å²) < 4.78 is 2.03. The molecule has 3 aliphatic rings. The van der Waals surface area contributed by atoms with Gasteiger partial charge in [0.05, 0.1) is 4.47 Å². The van der Waals surface area contributed by atoms with E-state index in [4.69, 9.17) is 0 Å². The number of halogens is 2. The smallest absolute Gasteiger partial charge is 0.140 e. The van der Waals surface area contributed by atoms with Crippen molar-refractivity contribution in [3.63, 3.8) is 0 Å². The first-order valence-corrected chi connectivity index (χ1v) is 7.61. The first-order chi connectivity index (χ1) is 8.22. The summed E-state index contributed by atoms with van der Waals surface area (Å²) in [6.45, 7) is 3.71. The number of hydrogen-bond donors (Lipinski definition) is 1. The first-order valence-electron chi connectivity index (χ1n) is 6.02. The predicted octanol–water partition coefficient (Wildman–Crippen LogP) is 3.11. The molecule has 1 N–H and O–H groups in total. The number of rotatable bonds is 2. The third-order valence-corrected chi connectivity index (χ3v) is 4.82. The Morgan fingerprint density at radius 3 is 2.65 bits per heavy atom. The van der Waals surface area contributed by atoms with Crippen LogP contribution in [0, 0.1) is 5.92 Å². The number of hydrogen-bond acceptors (Lipinski definition) is 3. The number of nitrogens with one attached hydrogen (secondary N) is 1. The molecule has 0 saturated carbocycles. The number of nitrogens with zero attached hydrogens (tertiary/aromatic N) is 2. The highest BCUT2D eigenvalue weighted by atomic mass is 79.9. The number of fused-ring (bicyclic) bond motifs is 3. The largest absolute Gasteiger partial charge is 0.365 e. The van der Waals surface area contributed by atoms with Gasteiger partial charge in [0.15, 0.2) is 0 Å². The van der Waals surface area contributed by atoms with E-state index in [-0.39, 0.29) is 0 Å². The molecule has 0 spiro atoms. The van der Waals surface area contributed by atoms with Crippen LogP contribution in [0.4, 0.5) is 5.82 Å². The van der Waals surface area contributed by atoms with Gasteiger partial charge in [0.25, 0.3) is 0 Å². The molecule has 0 aliphatic carbocycles. The lowest BCUT2D eigenvalue weighted by Crippen LogP contribution is -2.53. The average Bonchev–Trinajstić information content (AvgIpc) is 2.34. The summed E-state index contributed by atoms with van der Waals surface area (Å²) in [7, 11) is 0. The number of anilines is 1. The molecule has 1 aromatic heterocycles. The van der Waals surface area contributed by atoms with Crippen molar-refractivity contribution < 1.29 is 0 Å². The lowest BCUT2D eigenvalue weighted by atomic mass is 9.84. The number of aromatic nitrogens is 1. The molecule has 92 valence electrons. The van der Waals surface area contributed by atoms with Crippen LogP contribution in [0.15, 0.2) is 21.2 Å². The maximum Gasteiger partial charge on any atom is 0.140 e. The zero-order valence-corrected chi connectivity index (χ0v) is 12.7. The standard InChI is InChI=1S/C12H15Br2N3/c13-9-5-10(14)12(15-6-9)16-11-7-17-3-1-8(11)2-4-17/h5-6,8,11H,1-4,7H2,(H,15,16). The lowest BCUT2D eigenvalue weighted by Gasteiger charge is -2.45. The van der Waals surface area contributed by atoms with Crippen molar-refractivity contribution in [3.8, 4) is 0 Å². The Morgan fingerprint density at radius 1 is 1.29 bits per heavy atom. The second kappa shape index (κ2) is 4.86. The van der Waals surface area contributed by atoms with Crippen LogP contribution in [-0.4, -0.2) is 35.6 Å². The predicted molar refractivity (Wildman–Crippen MR) is 76.2 cm³/mol. The third-order valence-electron chi connectivity index (χ3n) is 3.79. The average molecular weight is 361 g/mol. The molecule has 4 rings (SSSR count). The van der Waals surface area contributed by atoms with E-state index in [1.165, 1.54) is 25.9 Å². The summed E-state index contributed by atoms with van der Waals surface area (Å²) in [5.74, 6) is 1.78. The summed E-state index contributed by atoms with van der Waals surface area (Å²) in [5.41, 5.74) is 0. The highest BCUT2D eigenvalue weighted by molar-refractivity contribution is 9.11. The minimum absolute atomic E-state index is 0.558. The maximum atomic E-state index is 4.43. The summed E-state index contributed by atoms with van der Waals surface area (Å²) in [4.78, 5) is 6.98. The van der Waals surface area contributed by atoms with Gasteiger partial charge in [0, 0.05) is 23.3 Å². The number of pyridine rings is 1. The fourth-order valence-electron chi connectivity index (χ4n) is 2.83. The van der Waals surface area contributed by atoms with Crippen molar-refractivity contribution >= 4 is 37.7 Å². The zero-order valence-electron chi connectivity index (χ0n) is 9.50. The molecule has 1 atom stereocenters. The molecule has 1 unspecified atom stereocenters. The molecule has 17 heavy (non-hydrogen) atoms. The van der Waals surface area contributed by atoms with Crippen LogP contribution in [0.25, 0.3) is 0 Å². The fourth-order valence-corrected chi connectivity index (χ4v) is 3.93. The molecule has 2 bridgehead atoms. The monoisotopic (exact) mass is 359 g/mol. The van der Waals surface area contributed by atoms with E-state index in [0.29, 0.717) is 6.04 Å². The van der Waals surface area contributed by atoms with Gasteiger partial charge in [-0.2, -0.15) is 0 Å². The summed E-state index contributed by atoms with van der Waals surface area (Å²) >= 11 is 6.98. The molecule has 4 heterocycles. The number of piperidine rings is 3. The molecule has 0 amide bonds. The molecule has 0 aromatic carbocycles. The summed E-state index contributed by atoms with van der Waals surface area (Å²) in [6.07, 6.45) is 4.49.